The van der Waals surface area contributed by atoms with Crippen LogP contribution in [-0.2, 0) is 9.53 Å². The smallest absolute Gasteiger partial charge is 0.338 e. The molecule has 0 aliphatic heterocycles. The normalized spacial score (nSPS) is 10.2. The second kappa shape index (κ2) is 11.2. The van der Waals surface area contributed by atoms with E-state index >= 15 is 0 Å². The Morgan fingerprint density at radius 3 is 2.43 bits per heavy atom. The summed E-state index contributed by atoms with van der Waals surface area (Å²) in [4.78, 5) is 24.2. The van der Waals surface area contributed by atoms with Gasteiger partial charge in [0.1, 0.15) is 0 Å². The fourth-order valence-electron chi connectivity index (χ4n) is 2.29. The van der Waals surface area contributed by atoms with Gasteiger partial charge in [-0.25, -0.2) is 4.79 Å². The summed E-state index contributed by atoms with van der Waals surface area (Å²) in [7, 11) is 0. The zero-order chi connectivity index (χ0) is 20.4. The van der Waals surface area contributed by atoms with E-state index < -0.39 is 18.5 Å². The van der Waals surface area contributed by atoms with Gasteiger partial charge in [0.05, 0.1) is 18.8 Å². The average molecular weight is 406 g/mol. The highest BCUT2D eigenvalue weighted by atomic mass is 35.5. The van der Waals surface area contributed by atoms with Crippen molar-refractivity contribution in [3.63, 3.8) is 0 Å². The van der Waals surface area contributed by atoms with Gasteiger partial charge in [-0.1, -0.05) is 24.9 Å². The van der Waals surface area contributed by atoms with Crippen LogP contribution in [0.15, 0.2) is 42.5 Å². The van der Waals surface area contributed by atoms with Crippen LogP contribution in [-0.4, -0.2) is 31.7 Å². The summed E-state index contributed by atoms with van der Waals surface area (Å²) in [5.74, 6) is -0.0152. The highest BCUT2D eigenvalue weighted by molar-refractivity contribution is 6.30. The van der Waals surface area contributed by atoms with Crippen molar-refractivity contribution < 1.29 is 23.8 Å². The number of esters is 1. The molecule has 0 spiro atoms. The van der Waals surface area contributed by atoms with Gasteiger partial charge in [0, 0.05) is 10.7 Å². The molecule has 0 heterocycles. The quantitative estimate of drug-likeness (QED) is 0.457. The Labute approximate surface area is 169 Å². The van der Waals surface area contributed by atoms with Crippen LogP contribution in [0.25, 0.3) is 0 Å². The highest BCUT2D eigenvalue weighted by Crippen LogP contribution is 2.29. The molecule has 0 aliphatic carbocycles. The Balaban J connectivity index is 1.94. The van der Waals surface area contributed by atoms with Crippen LogP contribution in [0.1, 0.15) is 37.0 Å². The Kier molecular flexibility index (Phi) is 8.62. The Morgan fingerprint density at radius 2 is 1.75 bits per heavy atom. The van der Waals surface area contributed by atoms with Crippen molar-refractivity contribution in [2.24, 2.45) is 0 Å². The number of anilines is 1. The van der Waals surface area contributed by atoms with Gasteiger partial charge in [-0.15, -0.1) is 0 Å². The summed E-state index contributed by atoms with van der Waals surface area (Å²) in [5.41, 5.74) is 0.850. The lowest BCUT2D eigenvalue weighted by Crippen LogP contribution is -2.21. The minimum Gasteiger partial charge on any atom is -0.490 e. The van der Waals surface area contributed by atoms with Gasteiger partial charge in [-0.05, 0) is 55.8 Å². The molecule has 0 bridgehead atoms. The molecule has 0 radical (unpaired) electrons. The summed E-state index contributed by atoms with van der Waals surface area (Å²) < 4.78 is 16.3. The van der Waals surface area contributed by atoms with Crippen molar-refractivity contribution in [2.45, 2.75) is 26.7 Å². The third kappa shape index (κ3) is 6.78. The van der Waals surface area contributed by atoms with Gasteiger partial charge in [0.2, 0.25) is 0 Å². The van der Waals surface area contributed by atoms with Crippen molar-refractivity contribution in [2.75, 3.05) is 25.1 Å². The molecule has 0 atom stereocenters. The molecular formula is C21H24ClNO5. The van der Waals surface area contributed by atoms with Crippen molar-refractivity contribution in [3.8, 4) is 11.5 Å². The van der Waals surface area contributed by atoms with E-state index in [-0.39, 0.29) is 5.56 Å². The van der Waals surface area contributed by atoms with Gasteiger partial charge in [-0.2, -0.15) is 0 Å². The predicted molar refractivity (Wildman–Crippen MR) is 108 cm³/mol. The molecule has 150 valence electrons. The average Bonchev–Trinajstić information content (AvgIpc) is 2.69. The predicted octanol–water partition coefficient (Wildman–Crippen LogP) is 4.71. The molecule has 0 fully saturated rings. The van der Waals surface area contributed by atoms with Gasteiger partial charge in [-0.3, -0.25) is 4.79 Å². The van der Waals surface area contributed by atoms with E-state index in [2.05, 4.69) is 12.2 Å². The van der Waals surface area contributed by atoms with Crippen molar-refractivity contribution in [1.29, 1.82) is 0 Å². The molecule has 0 saturated heterocycles. The van der Waals surface area contributed by atoms with E-state index in [1.807, 2.05) is 6.92 Å². The number of ether oxygens (including phenoxy) is 3. The second-order valence-corrected chi connectivity index (χ2v) is 6.36. The molecule has 0 aromatic heterocycles. The van der Waals surface area contributed by atoms with E-state index in [0.29, 0.717) is 35.4 Å². The van der Waals surface area contributed by atoms with Gasteiger partial charge in [0.15, 0.2) is 18.1 Å². The first-order valence-corrected chi connectivity index (χ1v) is 9.53. The number of unbranched alkanes of at least 4 members (excludes halogenated alkanes) is 1. The lowest BCUT2D eigenvalue weighted by atomic mass is 10.2. The molecule has 6 nitrogen and oxygen atoms in total. The third-order valence-electron chi connectivity index (χ3n) is 3.70. The Morgan fingerprint density at radius 1 is 1.00 bits per heavy atom. The second-order valence-electron chi connectivity index (χ2n) is 5.93. The first-order valence-electron chi connectivity index (χ1n) is 9.15. The number of nitrogens with one attached hydrogen (secondary N) is 1. The van der Waals surface area contributed by atoms with Crippen LogP contribution >= 0.6 is 11.6 Å². The van der Waals surface area contributed by atoms with Crippen LogP contribution in [0.5, 0.6) is 11.5 Å². The molecule has 0 saturated carbocycles. The minimum atomic E-state index is -0.618. The molecule has 1 amide bonds. The van der Waals surface area contributed by atoms with E-state index in [9.17, 15) is 9.59 Å². The van der Waals surface area contributed by atoms with Crippen molar-refractivity contribution >= 4 is 29.2 Å². The van der Waals surface area contributed by atoms with E-state index in [1.165, 1.54) is 0 Å². The molecular weight excluding hydrogens is 382 g/mol. The van der Waals surface area contributed by atoms with Crippen molar-refractivity contribution in [1.82, 2.24) is 0 Å². The van der Waals surface area contributed by atoms with E-state index in [4.69, 9.17) is 25.8 Å². The summed E-state index contributed by atoms with van der Waals surface area (Å²) in [6.45, 7) is 4.54. The van der Waals surface area contributed by atoms with Crippen LogP contribution in [0.3, 0.4) is 0 Å². The molecule has 1 N–H and O–H groups in total. The molecule has 2 rings (SSSR count). The number of amides is 1. The Bertz CT molecular complexity index is 792. The first kappa shape index (κ1) is 21.6. The number of carbonyl (C=O) groups is 2. The van der Waals surface area contributed by atoms with Crippen LogP contribution in [0, 0.1) is 0 Å². The largest absolute Gasteiger partial charge is 0.490 e. The summed E-state index contributed by atoms with van der Waals surface area (Å²) in [6, 6.07) is 11.4. The van der Waals surface area contributed by atoms with Crippen molar-refractivity contribution in [3.05, 3.63) is 53.1 Å². The summed E-state index contributed by atoms with van der Waals surface area (Å²) >= 11 is 5.80. The number of benzene rings is 2. The van der Waals surface area contributed by atoms with Gasteiger partial charge < -0.3 is 19.5 Å². The van der Waals surface area contributed by atoms with Gasteiger partial charge >= 0.3 is 5.97 Å². The zero-order valence-electron chi connectivity index (χ0n) is 16.0. The van der Waals surface area contributed by atoms with E-state index in [0.717, 1.165) is 12.8 Å². The highest BCUT2D eigenvalue weighted by Gasteiger charge is 2.14. The fraction of sp³-hybridized carbons (Fsp3) is 0.333. The maximum Gasteiger partial charge on any atom is 0.338 e. The molecule has 2 aromatic rings. The molecule has 0 aliphatic rings. The summed E-state index contributed by atoms with van der Waals surface area (Å²) in [5, 5.41) is 3.19. The molecule has 7 heteroatoms. The maximum absolute atomic E-state index is 12.3. The maximum atomic E-state index is 12.3. The first-order chi connectivity index (χ1) is 13.5. The van der Waals surface area contributed by atoms with Crippen LogP contribution < -0.4 is 14.8 Å². The van der Waals surface area contributed by atoms with Crippen LogP contribution in [0.4, 0.5) is 5.69 Å². The molecule has 28 heavy (non-hydrogen) atoms. The number of rotatable bonds is 10. The zero-order valence-corrected chi connectivity index (χ0v) is 16.8. The lowest BCUT2D eigenvalue weighted by molar-refractivity contribution is -0.119. The minimum absolute atomic E-state index is 0.283. The van der Waals surface area contributed by atoms with Gasteiger partial charge in [0.25, 0.3) is 5.91 Å². The topological polar surface area (TPSA) is 73.9 Å². The fourth-order valence-corrected chi connectivity index (χ4v) is 2.42. The summed E-state index contributed by atoms with van der Waals surface area (Å²) in [6.07, 6.45) is 1.95. The lowest BCUT2D eigenvalue weighted by Gasteiger charge is -2.13. The number of carbonyl (C=O) groups excluding carboxylic acids is 2. The molecule has 0 unspecified atom stereocenters. The SMILES string of the molecule is CCCCOc1ccc(C(=O)OCC(=O)Nc2ccc(Cl)cc2)cc1OCC. The molecule has 2 aromatic carbocycles. The number of hydrogen-bond acceptors (Lipinski definition) is 5. The van der Waals surface area contributed by atoms with Crippen LogP contribution in [0.2, 0.25) is 5.02 Å². The standard InChI is InChI=1S/C21H24ClNO5/c1-3-5-12-27-18-11-6-15(13-19(18)26-4-2)21(25)28-14-20(24)23-17-9-7-16(22)8-10-17/h6-11,13H,3-5,12,14H2,1-2H3,(H,23,24). The third-order valence-corrected chi connectivity index (χ3v) is 3.95. The number of halogens is 1. The monoisotopic (exact) mass is 405 g/mol. The Hall–Kier alpha value is -2.73. The number of hydrogen-bond donors (Lipinski definition) is 1. The van der Waals surface area contributed by atoms with E-state index in [1.54, 1.807) is 42.5 Å².